The maximum atomic E-state index is 13.6. The van der Waals surface area contributed by atoms with Crippen LogP contribution in [0.5, 0.6) is 0 Å². The molecule has 0 atom stereocenters. The van der Waals surface area contributed by atoms with Gasteiger partial charge in [-0.05, 0) is 41.6 Å². The first-order valence-corrected chi connectivity index (χ1v) is 12.0. The van der Waals surface area contributed by atoms with Gasteiger partial charge in [0.15, 0.2) is 9.84 Å². The number of amides is 1. The lowest BCUT2D eigenvalue weighted by molar-refractivity contribution is -0.132. The number of aryl methyl sites for hydroxylation is 1. The molecule has 0 N–H and O–H groups in total. The quantitative estimate of drug-likeness (QED) is 0.576. The van der Waals surface area contributed by atoms with E-state index in [9.17, 15) is 13.2 Å². The average molecular weight is 444 g/mol. The first-order chi connectivity index (χ1) is 14.5. The first kappa shape index (κ1) is 20.4. The van der Waals surface area contributed by atoms with Gasteiger partial charge in [0.2, 0.25) is 5.76 Å². The van der Waals surface area contributed by atoms with Gasteiger partial charge in [-0.25, -0.2) is 8.42 Å². The molecule has 0 bridgehead atoms. The van der Waals surface area contributed by atoms with Crippen LogP contribution in [0.2, 0.25) is 0 Å². The molecule has 0 unspecified atom stereocenters. The van der Waals surface area contributed by atoms with Crippen molar-refractivity contribution in [2.24, 2.45) is 0 Å². The Labute approximate surface area is 179 Å². The summed E-state index contributed by atoms with van der Waals surface area (Å²) in [7, 11) is -3.65. The number of rotatable bonds is 6. The molecular formula is C22H21NO5S2. The van der Waals surface area contributed by atoms with Gasteiger partial charge in [0.1, 0.15) is 17.3 Å². The van der Waals surface area contributed by atoms with Crippen LogP contribution >= 0.6 is 11.3 Å². The number of thiophene rings is 1. The number of ether oxygens (including phenoxy) is 1. The van der Waals surface area contributed by atoms with Gasteiger partial charge in [-0.15, -0.1) is 11.3 Å². The summed E-state index contributed by atoms with van der Waals surface area (Å²) in [5.74, 6) is -0.149. The zero-order chi connectivity index (χ0) is 21.1. The van der Waals surface area contributed by atoms with Crippen molar-refractivity contribution < 1.29 is 22.4 Å². The highest BCUT2D eigenvalue weighted by atomic mass is 32.2. The molecule has 6 nitrogen and oxygen atoms in total. The van der Waals surface area contributed by atoms with Gasteiger partial charge in [-0.2, -0.15) is 0 Å². The van der Waals surface area contributed by atoms with E-state index < -0.39 is 15.7 Å². The third-order valence-corrected chi connectivity index (χ3v) is 7.62. The second-order valence-electron chi connectivity index (χ2n) is 6.96. The van der Waals surface area contributed by atoms with E-state index in [0.717, 1.165) is 10.4 Å². The number of furan rings is 1. The summed E-state index contributed by atoms with van der Waals surface area (Å²) in [6, 6.07) is 14.2. The molecule has 1 aliphatic heterocycles. The van der Waals surface area contributed by atoms with Crippen LogP contribution in [0, 0.1) is 6.92 Å². The molecule has 3 aromatic rings. The van der Waals surface area contributed by atoms with Gasteiger partial charge in [0.05, 0.1) is 25.1 Å². The minimum atomic E-state index is -3.65. The van der Waals surface area contributed by atoms with Crippen molar-refractivity contribution in [3.8, 4) is 0 Å². The smallest absolute Gasteiger partial charge is 0.291 e. The summed E-state index contributed by atoms with van der Waals surface area (Å²) in [6.45, 7) is 2.47. The Bertz CT molecular complexity index is 1160. The van der Waals surface area contributed by atoms with Crippen LogP contribution in [0.15, 0.2) is 70.4 Å². The van der Waals surface area contributed by atoms with Crippen LogP contribution in [0.4, 0.5) is 0 Å². The number of carbonyl (C=O) groups is 1. The third kappa shape index (κ3) is 4.20. The Balaban J connectivity index is 1.78. The van der Waals surface area contributed by atoms with E-state index in [1.807, 2.05) is 18.4 Å². The van der Waals surface area contributed by atoms with Crippen LogP contribution in [-0.4, -0.2) is 31.6 Å². The van der Waals surface area contributed by atoms with Gasteiger partial charge < -0.3 is 14.1 Å². The molecular weight excluding hydrogens is 422 g/mol. The Kier molecular flexibility index (Phi) is 5.78. The summed E-state index contributed by atoms with van der Waals surface area (Å²) < 4.78 is 36.9. The fourth-order valence-electron chi connectivity index (χ4n) is 3.29. The lowest BCUT2D eigenvalue weighted by Crippen LogP contribution is -2.35. The number of sulfone groups is 1. The summed E-state index contributed by atoms with van der Waals surface area (Å²) >= 11 is 1.55. The molecule has 0 saturated heterocycles. The van der Waals surface area contributed by atoms with E-state index in [1.165, 1.54) is 0 Å². The SMILES string of the molecule is Cc1ccsc1CN(Cc1ccco1)C(=O)C1=C(c2ccccc2)S(=O)(=O)CCO1. The largest absolute Gasteiger partial charge is 0.486 e. The van der Waals surface area contributed by atoms with E-state index in [1.54, 1.807) is 65.0 Å². The van der Waals surface area contributed by atoms with Crippen molar-refractivity contribution in [1.82, 2.24) is 4.90 Å². The van der Waals surface area contributed by atoms with Crippen LogP contribution in [0.1, 0.15) is 21.8 Å². The van der Waals surface area contributed by atoms with Crippen molar-refractivity contribution in [2.75, 3.05) is 12.4 Å². The molecule has 1 aliphatic rings. The Morgan fingerprint density at radius 1 is 1.10 bits per heavy atom. The highest BCUT2D eigenvalue weighted by Crippen LogP contribution is 2.32. The van der Waals surface area contributed by atoms with Gasteiger partial charge in [-0.1, -0.05) is 30.3 Å². The zero-order valence-corrected chi connectivity index (χ0v) is 18.0. The maximum Gasteiger partial charge on any atom is 0.291 e. The summed E-state index contributed by atoms with van der Waals surface area (Å²) in [4.78, 5) is 16.1. The molecule has 156 valence electrons. The van der Waals surface area contributed by atoms with Gasteiger partial charge in [-0.3, -0.25) is 4.79 Å². The minimum Gasteiger partial charge on any atom is -0.486 e. The Morgan fingerprint density at radius 2 is 1.90 bits per heavy atom. The van der Waals surface area contributed by atoms with Crippen molar-refractivity contribution in [2.45, 2.75) is 20.0 Å². The molecule has 0 fully saturated rings. The predicted octanol–water partition coefficient (Wildman–Crippen LogP) is 3.99. The van der Waals surface area contributed by atoms with Crippen molar-refractivity contribution in [3.05, 3.63) is 87.7 Å². The molecule has 2 aromatic heterocycles. The highest BCUT2D eigenvalue weighted by molar-refractivity contribution is 8.00. The minimum absolute atomic E-state index is 0.0492. The fraction of sp³-hybridized carbons (Fsp3) is 0.227. The first-order valence-electron chi connectivity index (χ1n) is 9.45. The van der Waals surface area contributed by atoms with E-state index in [0.29, 0.717) is 17.9 Å². The Morgan fingerprint density at radius 3 is 2.57 bits per heavy atom. The summed E-state index contributed by atoms with van der Waals surface area (Å²) in [6.07, 6.45) is 1.55. The van der Waals surface area contributed by atoms with Crippen molar-refractivity contribution >= 4 is 32.0 Å². The molecule has 0 aliphatic carbocycles. The second kappa shape index (κ2) is 8.49. The highest BCUT2D eigenvalue weighted by Gasteiger charge is 2.35. The van der Waals surface area contributed by atoms with E-state index in [4.69, 9.17) is 9.15 Å². The lowest BCUT2D eigenvalue weighted by atomic mass is 10.2. The number of nitrogens with zero attached hydrogens (tertiary/aromatic N) is 1. The van der Waals surface area contributed by atoms with E-state index in [2.05, 4.69) is 0 Å². The zero-order valence-electron chi connectivity index (χ0n) is 16.4. The normalized spacial score (nSPS) is 15.6. The molecule has 3 heterocycles. The summed E-state index contributed by atoms with van der Waals surface area (Å²) in [5, 5.41) is 1.97. The third-order valence-electron chi connectivity index (χ3n) is 4.86. The molecule has 0 radical (unpaired) electrons. The molecule has 1 aromatic carbocycles. The molecule has 30 heavy (non-hydrogen) atoms. The number of hydrogen-bond acceptors (Lipinski definition) is 6. The number of carbonyl (C=O) groups excluding carboxylic acids is 1. The van der Waals surface area contributed by atoms with Gasteiger partial charge >= 0.3 is 0 Å². The lowest BCUT2D eigenvalue weighted by Gasteiger charge is -2.27. The van der Waals surface area contributed by atoms with Crippen LogP contribution in [0.25, 0.3) is 4.91 Å². The standard InChI is InChI=1S/C22H21NO5S2/c1-16-9-12-29-19(16)15-23(14-18-8-5-10-27-18)22(24)20-21(17-6-3-2-4-7-17)30(25,26)13-11-28-20/h2-10,12H,11,13-15H2,1H3. The van der Waals surface area contributed by atoms with Crippen LogP contribution < -0.4 is 0 Å². The summed E-state index contributed by atoms with van der Waals surface area (Å²) in [5.41, 5.74) is 1.53. The molecule has 0 saturated carbocycles. The van der Waals surface area contributed by atoms with Crippen molar-refractivity contribution in [3.63, 3.8) is 0 Å². The van der Waals surface area contributed by atoms with Crippen molar-refractivity contribution in [1.29, 1.82) is 0 Å². The average Bonchev–Trinajstić information content (AvgIpc) is 3.39. The fourth-order valence-corrected chi connectivity index (χ4v) is 5.65. The maximum absolute atomic E-state index is 13.6. The monoisotopic (exact) mass is 443 g/mol. The van der Waals surface area contributed by atoms with Gasteiger partial charge in [0.25, 0.3) is 5.91 Å². The number of benzene rings is 1. The molecule has 0 spiro atoms. The van der Waals surface area contributed by atoms with E-state index >= 15 is 0 Å². The predicted molar refractivity (Wildman–Crippen MR) is 115 cm³/mol. The molecule has 1 amide bonds. The molecule has 4 rings (SSSR count). The molecule has 8 heteroatoms. The van der Waals surface area contributed by atoms with Crippen LogP contribution in [0.3, 0.4) is 0 Å². The topological polar surface area (TPSA) is 76.8 Å². The Hall–Kier alpha value is -2.84. The van der Waals surface area contributed by atoms with Crippen LogP contribution in [-0.2, 0) is 32.5 Å². The van der Waals surface area contributed by atoms with E-state index in [-0.39, 0.29) is 29.6 Å². The van der Waals surface area contributed by atoms with Gasteiger partial charge in [0, 0.05) is 4.88 Å². The number of hydrogen-bond donors (Lipinski definition) is 0. The second-order valence-corrected chi connectivity index (χ2v) is 10.0.